The molecule has 0 saturated carbocycles. The van der Waals surface area contributed by atoms with Crippen molar-refractivity contribution in [3.63, 3.8) is 0 Å². The van der Waals surface area contributed by atoms with Crippen LogP contribution in [-0.2, 0) is 0 Å². The van der Waals surface area contributed by atoms with E-state index in [-0.39, 0.29) is 11.2 Å². The fourth-order valence-electron chi connectivity index (χ4n) is 2.20. The number of rotatable bonds is 2. The highest BCUT2D eigenvalue weighted by Gasteiger charge is 2.12. The predicted molar refractivity (Wildman–Crippen MR) is 89.3 cm³/mol. The largest absolute Gasteiger partial charge is 0.508 e. The van der Waals surface area contributed by atoms with Gasteiger partial charge in [0.15, 0.2) is 5.43 Å². The minimum Gasteiger partial charge on any atom is -0.508 e. The van der Waals surface area contributed by atoms with E-state index < -0.39 is 6.09 Å². The monoisotopic (exact) mass is 325 g/mol. The highest BCUT2D eigenvalue weighted by Crippen LogP contribution is 2.24. The Morgan fingerprint density at radius 1 is 1.12 bits per heavy atom. The van der Waals surface area contributed by atoms with Crippen molar-refractivity contribution in [2.75, 3.05) is 14.1 Å². The standard InChI is InChI=1S/C18H15NO5/c1-19(2)18(22)24-13-7-8-14-16(9-13)23-10-15(17(14)21)11-3-5-12(20)6-4-11/h3-10,20H,1-2H3. The zero-order valence-electron chi connectivity index (χ0n) is 13.1. The number of phenolic OH excluding ortho intramolecular Hbond substituents is 1. The first-order chi connectivity index (χ1) is 11.5. The van der Waals surface area contributed by atoms with Gasteiger partial charge >= 0.3 is 6.09 Å². The summed E-state index contributed by atoms with van der Waals surface area (Å²) in [5.41, 5.74) is 1.16. The van der Waals surface area contributed by atoms with E-state index in [0.717, 1.165) is 0 Å². The van der Waals surface area contributed by atoms with E-state index in [1.54, 1.807) is 38.4 Å². The van der Waals surface area contributed by atoms with Gasteiger partial charge in [-0.25, -0.2) is 4.79 Å². The molecule has 6 nitrogen and oxygen atoms in total. The van der Waals surface area contributed by atoms with E-state index >= 15 is 0 Å². The van der Waals surface area contributed by atoms with Crippen LogP contribution in [-0.4, -0.2) is 30.2 Å². The summed E-state index contributed by atoms with van der Waals surface area (Å²) in [4.78, 5) is 25.5. The molecule has 1 heterocycles. The van der Waals surface area contributed by atoms with E-state index in [9.17, 15) is 14.7 Å². The molecular formula is C18H15NO5. The lowest BCUT2D eigenvalue weighted by molar-refractivity contribution is 0.172. The van der Waals surface area contributed by atoms with Crippen molar-refractivity contribution in [1.29, 1.82) is 0 Å². The summed E-state index contributed by atoms with van der Waals surface area (Å²) in [5, 5.41) is 9.72. The summed E-state index contributed by atoms with van der Waals surface area (Å²) >= 11 is 0. The van der Waals surface area contributed by atoms with Gasteiger partial charge in [-0.3, -0.25) is 4.79 Å². The van der Waals surface area contributed by atoms with Crippen LogP contribution in [0.3, 0.4) is 0 Å². The zero-order valence-corrected chi connectivity index (χ0v) is 13.1. The molecule has 6 heteroatoms. The Balaban J connectivity index is 2.02. The van der Waals surface area contributed by atoms with Gasteiger partial charge in [-0.15, -0.1) is 0 Å². The number of phenols is 1. The number of carbonyl (C=O) groups excluding carboxylic acids is 1. The first-order valence-corrected chi connectivity index (χ1v) is 7.20. The lowest BCUT2D eigenvalue weighted by Crippen LogP contribution is -2.25. The number of hydrogen-bond donors (Lipinski definition) is 1. The van der Waals surface area contributed by atoms with Gasteiger partial charge in [-0.05, 0) is 29.8 Å². The van der Waals surface area contributed by atoms with Crippen LogP contribution in [0.15, 0.2) is 57.9 Å². The molecule has 0 spiro atoms. The van der Waals surface area contributed by atoms with Crippen LogP contribution in [0, 0.1) is 0 Å². The summed E-state index contributed by atoms with van der Waals surface area (Å²) in [6.07, 6.45) is 0.839. The Morgan fingerprint density at radius 2 is 1.83 bits per heavy atom. The van der Waals surface area contributed by atoms with Gasteiger partial charge in [-0.2, -0.15) is 0 Å². The van der Waals surface area contributed by atoms with Crippen LogP contribution in [0.5, 0.6) is 11.5 Å². The van der Waals surface area contributed by atoms with E-state index in [0.29, 0.717) is 27.8 Å². The van der Waals surface area contributed by atoms with Crippen molar-refractivity contribution in [2.24, 2.45) is 0 Å². The summed E-state index contributed by atoms with van der Waals surface area (Å²) in [7, 11) is 3.15. The second kappa shape index (κ2) is 6.08. The average Bonchev–Trinajstić information content (AvgIpc) is 2.56. The van der Waals surface area contributed by atoms with Crippen LogP contribution in [0.25, 0.3) is 22.1 Å². The van der Waals surface area contributed by atoms with Crippen LogP contribution < -0.4 is 10.2 Å². The SMILES string of the molecule is CN(C)C(=O)Oc1ccc2c(=O)c(-c3ccc(O)cc3)coc2c1. The number of nitrogens with zero attached hydrogens (tertiary/aromatic N) is 1. The second-order valence-corrected chi connectivity index (χ2v) is 5.45. The van der Waals surface area contributed by atoms with Gasteiger partial charge < -0.3 is 19.2 Å². The number of hydrogen-bond acceptors (Lipinski definition) is 5. The van der Waals surface area contributed by atoms with Crippen molar-refractivity contribution in [1.82, 2.24) is 4.90 Å². The first-order valence-electron chi connectivity index (χ1n) is 7.20. The Morgan fingerprint density at radius 3 is 2.50 bits per heavy atom. The van der Waals surface area contributed by atoms with Gasteiger partial charge in [0.25, 0.3) is 0 Å². The van der Waals surface area contributed by atoms with E-state index in [1.807, 2.05) is 0 Å². The third-order valence-electron chi connectivity index (χ3n) is 3.49. The van der Waals surface area contributed by atoms with Gasteiger partial charge in [0.1, 0.15) is 23.3 Å². The quantitative estimate of drug-likeness (QED) is 0.782. The van der Waals surface area contributed by atoms with Crippen molar-refractivity contribution in [3.05, 3.63) is 59.0 Å². The van der Waals surface area contributed by atoms with Crippen molar-refractivity contribution in [3.8, 4) is 22.6 Å². The average molecular weight is 325 g/mol. The Bertz CT molecular complexity index is 957. The summed E-state index contributed by atoms with van der Waals surface area (Å²) in [5.74, 6) is 0.415. The number of ether oxygens (including phenoxy) is 1. The molecule has 0 fully saturated rings. The molecule has 0 atom stereocenters. The molecule has 0 bridgehead atoms. The van der Waals surface area contributed by atoms with Gasteiger partial charge in [0, 0.05) is 20.2 Å². The van der Waals surface area contributed by atoms with Crippen molar-refractivity contribution >= 4 is 17.1 Å². The molecular weight excluding hydrogens is 310 g/mol. The van der Waals surface area contributed by atoms with Crippen LogP contribution in [0.1, 0.15) is 0 Å². The zero-order chi connectivity index (χ0) is 17.3. The first kappa shape index (κ1) is 15.6. The van der Waals surface area contributed by atoms with E-state index in [4.69, 9.17) is 9.15 Å². The molecule has 0 aliphatic heterocycles. The molecule has 3 aromatic rings. The van der Waals surface area contributed by atoms with Crippen LogP contribution in [0.4, 0.5) is 4.79 Å². The van der Waals surface area contributed by atoms with E-state index in [2.05, 4.69) is 0 Å². The fourth-order valence-corrected chi connectivity index (χ4v) is 2.20. The molecule has 3 rings (SSSR count). The van der Waals surface area contributed by atoms with Gasteiger partial charge in [0.05, 0.1) is 10.9 Å². The normalized spacial score (nSPS) is 10.6. The molecule has 0 unspecified atom stereocenters. The molecule has 0 radical (unpaired) electrons. The lowest BCUT2D eigenvalue weighted by Gasteiger charge is -2.11. The smallest absolute Gasteiger partial charge is 0.414 e. The maximum absolute atomic E-state index is 12.6. The van der Waals surface area contributed by atoms with Crippen molar-refractivity contribution in [2.45, 2.75) is 0 Å². The number of fused-ring (bicyclic) bond motifs is 1. The minimum atomic E-state index is -0.516. The number of amides is 1. The molecule has 1 N–H and O–H groups in total. The summed E-state index contributed by atoms with van der Waals surface area (Å²) in [6, 6.07) is 10.9. The molecule has 0 aliphatic carbocycles. The van der Waals surface area contributed by atoms with Crippen LogP contribution >= 0.6 is 0 Å². The minimum absolute atomic E-state index is 0.122. The molecule has 122 valence electrons. The Hall–Kier alpha value is -3.28. The molecule has 1 amide bonds. The molecule has 0 saturated heterocycles. The highest BCUT2D eigenvalue weighted by molar-refractivity contribution is 5.83. The fraction of sp³-hybridized carbons (Fsp3) is 0.111. The number of aromatic hydroxyl groups is 1. The van der Waals surface area contributed by atoms with E-state index in [1.165, 1.54) is 29.4 Å². The van der Waals surface area contributed by atoms with Crippen LogP contribution in [0.2, 0.25) is 0 Å². The second-order valence-electron chi connectivity index (χ2n) is 5.45. The number of carbonyl (C=O) groups is 1. The highest BCUT2D eigenvalue weighted by atomic mass is 16.6. The van der Waals surface area contributed by atoms with Gasteiger partial charge in [0.2, 0.25) is 0 Å². The molecule has 2 aromatic carbocycles. The maximum atomic E-state index is 12.6. The molecule has 0 aliphatic rings. The molecule has 1 aromatic heterocycles. The third kappa shape index (κ3) is 2.94. The lowest BCUT2D eigenvalue weighted by atomic mass is 10.1. The Labute approximate surface area is 137 Å². The predicted octanol–water partition coefficient (Wildman–Crippen LogP) is 3.23. The summed E-state index contributed by atoms with van der Waals surface area (Å²) < 4.78 is 10.7. The number of benzene rings is 2. The maximum Gasteiger partial charge on any atom is 0.414 e. The Kier molecular flexibility index (Phi) is 3.95. The topological polar surface area (TPSA) is 80.0 Å². The summed E-state index contributed by atoms with van der Waals surface area (Å²) in [6.45, 7) is 0. The van der Waals surface area contributed by atoms with Gasteiger partial charge in [-0.1, -0.05) is 12.1 Å². The molecule has 24 heavy (non-hydrogen) atoms. The van der Waals surface area contributed by atoms with Crippen molar-refractivity contribution < 1.29 is 19.1 Å². The third-order valence-corrected chi connectivity index (χ3v) is 3.49.